The molecule has 1 aromatic carbocycles. The summed E-state index contributed by atoms with van der Waals surface area (Å²) in [7, 11) is -3.71. The lowest BCUT2D eigenvalue weighted by Crippen LogP contribution is -2.49. The summed E-state index contributed by atoms with van der Waals surface area (Å²) in [6.45, 7) is 1.04. The minimum Gasteiger partial charge on any atom is -0.311 e. The maximum absolute atomic E-state index is 12.4. The quantitative estimate of drug-likeness (QED) is 0.570. The lowest BCUT2D eigenvalue weighted by Gasteiger charge is -2.25. The highest BCUT2D eigenvalue weighted by molar-refractivity contribution is 7.86. The van der Waals surface area contributed by atoms with Gasteiger partial charge >= 0.3 is 0 Å². The van der Waals surface area contributed by atoms with Gasteiger partial charge in [0.2, 0.25) is 0 Å². The number of benzene rings is 1. The fourth-order valence-electron chi connectivity index (χ4n) is 2.76. The van der Waals surface area contributed by atoms with Gasteiger partial charge in [0.15, 0.2) is 0 Å². The number of hydrogen-bond acceptors (Lipinski definition) is 8. The van der Waals surface area contributed by atoms with Gasteiger partial charge in [0.1, 0.15) is 16.9 Å². The van der Waals surface area contributed by atoms with E-state index in [9.17, 15) is 18.0 Å². The molecule has 0 aliphatic carbocycles. The molecule has 4 rings (SSSR count). The zero-order valence-corrected chi connectivity index (χ0v) is 15.2. The van der Waals surface area contributed by atoms with Gasteiger partial charge in [-0.15, -0.1) is 11.3 Å². The van der Waals surface area contributed by atoms with Crippen LogP contribution in [0, 0.1) is 0 Å². The lowest BCUT2D eigenvalue weighted by molar-refractivity contribution is 0.0640. The molecule has 8 nitrogen and oxygen atoms in total. The SMILES string of the molecule is O=C1c2ccccc2C(=O)N1Cc1csc(CS(=O)(=O)OC2CNC2)n1. The number of rotatable bonds is 6. The summed E-state index contributed by atoms with van der Waals surface area (Å²) in [5.74, 6) is -1.06. The second-order valence-electron chi connectivity index (χ2n) is 6.05. The first-order valence-corrected chi connectivity index (χ1v) is 10.4. The molecule has 0 spiro atoms. The average molecular weight is 393 g/mol. The van der Waals surface area contributed by atoms with Crippen LogP contribution in [0.2, 0.25) is 0 Å². The Bertz CT molecular complexity index is 946. The molecule has 0 unspecified atom stereocenters. The summed E-state index contributed by atoms with van der Waals surface area (Å²) >= 11 is 1.16. The van der Waals surface area contributed by atoms with Crippen molar-refractivity contribution in [3.63, 3.8) is 0 Å². The van der Waals surface area contributed by atoms with Crippen molar-refractivity contribution in [1.82, 2.24) is 15.2 Å². The number of amides is 2. The summed E-state index contributed by atoms with van der Waals surface area (Å²) in [6, 6.07) is 6.64. The number of aromatic nitrogens is 1. The van der Waals surface area contributed by atoms with E-state index < -0.39 is 10.1 Å². The minimum absolute atomic E-state index is 0.0102. The monoisotopic (exact) mass is 393 g/mol. The Morgan fingerprint density at radius 2 is 1.85 bits per heavy atom. The number of thiazole rings is 1. The molecule has 1 saturated heterocycles. The van der Waals surface area contributed by atoms with Crippen molar-refractivity contribution in [2.24, 2.45) is 0 Å². The third-order valence-corrected chi connectivity index (χ3v) is 6.40. The second kappa shape index (κ2) is 6.54. The van der Waals surface area contributed by atoms with E-state index in [0.29, 0.717) is 34.9 Å². The van der Waals surface area contributed by atoms with Gasteiger partial charge in [-0.25, -0.2) is 4.98 Å². The molecule has 2 aliphatic rings. The number of carbonyl (C=O) groups is 2. The zero-order chi connectivity index (χ0) is 18.3. The Labute approximate surface area is 153 Å². The van der Waals surface area contributed by atoms with Gasteiger partial charge in [0.05, 0.1) is 23.4 Å². The summed E-state index contributed by atoms with van der Waals surface area (Å²) in [6.07, 6.45) is -0.322. The Balaban J connectivity index is 1.44. The molecule has 2 aromatic rings. The largest absolute Gasteiger partial charge is 0.311 e. The fourth-order valence-corrected chi connectivity index (χ4v) is 5.02. The van der Waals surface area contributed by atoms with Gasteiger partial charge in [0, 0.05) is 18.5 Å². The Morgan fingerprint density at radius 3 is 2.42 bits per heavy atom. The summed E-state index contributed by atoms with van der Waals surface area (Å²) in [5, 5.41) is 4.95. The van der Waals surface area contributed by atoms with E-state index in [4.69, 9.17) is 4.18 Å². The predicted octanol–water partition coefficient (Wildman–Crippen LogP) is 0.758. The molecular formula is C16H15N3O5S2. The highest BCUT2D eigenvalue weighted by Gasteiger charge is 2.35. The molecule has 3 heterocycles. The normalized spacial score (nSPS) is 17.5. The fraction of sp³-hybridized carbons (Fsp3) is 0.312. The van der Waals surface area contributed by atoms with Crippen LogP contribution in [0.1, 0.15) is 31.4 Å². The van der Waals surface area contributed by atoms with Gasteiger partial charge in [-0.1, -0.05) is 12.1 Å². The number of nitrogens with one attached hydrogen (secondary N) is 1. The van der Waals surface area contributed by atoms with Crippen LogP contribution < -0.4 is 5.32 Å². The maximum Gasteiger partial charge on any atom is 0.274 e. The van der Waals surface area contributed by atoms with Crippen LogP contribution in [0.15, 0.2) is 29.6 Å². The number of imide groups is 1. The third-order valence-electron chi connectivity index (χ3n) is 4.12. The summed E-state index contributed by atoms with van der Waals surface area (Å²) < 4.78 is 29.1. The standard InChI is InChI=1S/C16H15N3O5S2/c20-15-12-3-1-2-4-13(12)16(21)19(15)7-10-8-25-14(18-10)9-26(22,23)24-11-5-17-6-11/h1-4,8,11,17H,5-7,9H2. The molecule has 2 aliphatic heterocycles. The first kappa shape index (κ1) is 17.3. The Morgan fingerprint density at radius 1 is 1.19 bits per heavy atom. The van der Waals surface area contributed by atoms with Gasteiger partial charge in [0.25, 0.3) is 21.9 Å². The number of hydrogen-bond donors (Lipinski definition) is 1. The first-order chi connectivity index (χ1) is 12.4. The third kappa shape index (κ3) is 3.28. The van der Waals surface area contributed by atoms with Crippen molar-refractivity contribution in [3.8, 4) is 0 Å². The van der Waals surface area contributed by atoms with E-state index in [1.807, 2.05) is 0 Å². The molecule has 0 radical (unpaired) electrons. The van der Waals surface area contributed by atoms with Crippen LogP contribution in [-0.2, 0) is 26.6 Å². The van der Waals surface area contributed by atoms with E-state index in [1.54, 1.807) is 29.6 Å². The molecule has 0 atom stereocenters. The van der Waals surface area contributed by atoms with Gasteiger partial charge in [-0.05, 0) is 12.1 Å². The highest BCUT2D eigenvalue weighted by atomic mass is 32.2. The first-order valence-electron chi connectivity index (χ1n) is 7.93. The topological polar surface area (TPSA) is 106 Å². The van der Waals surface area contributed by atoms with Gasteiger partial charge < -0.3 is 5.32 Å². The van der Waals surface area contributed by atoms with E-state index in [2.05, 4.69) is 10.3 Å². The van der Waals surface area contributed by atoms with Crippen LogP contribution in [-0.4, -0.2) is 49.3 Å². The van der Waals surface area contributed by atoms with Crippen LogP contribution in [0.3, 0.4) is 0 Å². The Hall–Kier alpha value is -2.14. The number of fused-ring (bicyclic) bond motifs is 1. The van der Waals surface area contributed by atoms with Crippen molar-refractivity contribution < 1.29 is 22.2 Å². The van der Waals surface area contributed by atoms with Gasteiger partial charge in [-0.3, -0.25) is 18.7 Å². The average Bonchev–Trinajstić information content (AvgIpc) is 3.10. The summed E-state index contributed by atoms with van der Waals surface area (Å²) in [5.41, 5.74) is 1.22. The zero-order valence-electron chi connectivity index (χ0n) is 13.5. The van der Waals surface area contributed by atoms with Crippen molar-refractivity contribution in [2.75, 3.05) is 13.1 Å². The molecule has 1 fully saturated rings. The Kier molecular flexibility index (Phi) is 4.35. The molecule has 2 amide bonds. The van der Waals surface area contributed by atoms with E-state index in [0.717, 1.165) is 16.2 Å². The van der Waals surface area contributed by atoms with Crippen LogP contribution in [0.4, 0.5) is 0 Å². The van der Waals surface area contributed by atoms with Crippen molar-refractivity contribution in [3.05, 3.63) is 51.5 Å². The molecule has 1 aromatic heterocycles. The van der Waals surface area contributed by atoms with Crippen molar-refractivity contribution >= 4 is 33.3 Å². The number of carbonyl (C=O) groups excluding carboxylic acids is 2. The molecule has 26 heavy (non-hydrogen) atoms. The second-order valence-corrected chi connectivity index (χ2v) is 8.59. The van der Waals surface area contributed by atoms with E-state index >= 15 is 0 Å². The minimum atomic E-state index is -3.71. The van der Waals surface area contributed by atoms with E-state index in [1.165, 1.54) is 0 Å². The smallest absolute Gasteiger partial charge is 0.274 e. The van der Waals surface area contributed by atoms with Crippen LogP contribution >= 0.6 is 11.3 Å². The molecule has 1 N–H and O–H groups in total. The summed E-state index contributed by atoms with van der Waals surface area (Å²) in [4.78, 5) is 30.1. The molecule has 136 valence electrons. The van der Waals surface area contributed by atoms with Crippen LogP contribution in [0.5, 0.6) is 0 Å². The van der Waals surface area contributed by atoms with Crippen LogP contribution in [0.25, 0.3) is 0 Å². The van der Waals surface area contributed by atoms with Crippen molar-refractivity contribution in [1.29, 1.82) is 0 Å². The molecular weight excluding hydrogens is 378 g/mol. The molecule has 0 saturated carbocycles. The molecule has 10 heteroatoms. The number of nitrogens with zero attached hydrogens (tertiary/aromatic N) is 2. The molecule has 0 bridgehead atoms. The predicted molar refractivity (Wildman–Crippen MR) is 93.1 cm³/mol. The van der Waals surface area contributed by atoms with Crippen molar-refractivity contribution in [2.45, 2.75) is 18.4 Å². The van der Waals surface area contributed by atoms with E-state index in [-0.39, 0.29) is 30.2 Å². The van der Waals surface area contributed by atoms with Gasteiger partial charge in [-0.2, -0.15) is 8.42 Å². The lowest BCUT2D eigenvalue weighted by atomic mass is 10.1. The maximum atomic E-state index is 12.4. The highest BCUT2D eigenvalue weighted by Crippen LogP contribution is 2.25.